The summed E-state index contributed by atoms with van der Waals surface area (Å²) in [6, 6.07) is -0.0864. The zero-order chi connectivity index (χ0) is 12.8. The molecule has 3 rings (SSSR count). The summed E-state index contributed by atoms with van der Waals surface area (Å²) in [5, 5.41) is 3.15. The Hall–Kier alpha value is -1.70. The molecule has 0 saturated carbocycles. The molecular weight excluding hydrogens is 254 g/mol. The van der Waals surface area contributed by atoms with Crippen molar-refractivity contribution in [2.24, 2.45) is 0 Å². The number of nitrogens with one attached hydrogen (secondary N) is 2. The monoisotopic (exact) mass is 267 g/mol. The van der Waals surface area contributed by atoms with E-state index in [1.807, 2.05) is 6.92 Å². The number of aromatic amines is 1. The van der Waals surface area contributed by atoms with Crippen LogP contribution in [0.25, 0.3) is 11.2 Å². The molecule has 0 spiro atoms. The highest BCUT2D eigenvalue weighted by atomic mass is 32.2. The first kappa shape index (κ1) is 11.4. The molecule has 1 atom stereocenters. The van der Waals surface area contributed by atoms with Crippen molar-refractivity contribution in [3.63, 3.8) is 0 Å². The standard InChI is InChI=1S/C10H13N5O2S/c1-6-13-8-9(14-6)11-5-12-10(8)15-7-2-3-18(16,17)4-7/h5,7H,2-4H2,1H3,(H2,11,12,13,14,15). The van der Waals surface area contributed by atoms with Gasteiger partial charge in [-0.15, -0.1) is 0 Å². The molecule has 1 fully saturated rings. The SMILES string of the molecule is Cc1nc2ncnc(NC3CCS(=O)(=O)C3)c2[nH]1. The van der Waals surface area contributed by atoms with E-state index in [0.29, 0.717) is 17.9 Å². The number of hydrogen-bond acceptors (Lipinski definition) is 6. The van der Waals surface area contributed by atoms with E-state index in [9.17, 15) is 8.42 Å². The Bertz CT molecular complexity index is 693. The van der Waals surface area contributed by atoms with E-state index in [1.165, 1.54) is 6.33 Å². The van der Waals surface area contributed by atoms with Crippen LogP contribution in [-0.2, 0) is 9.84 Å². The smallest absolute Gasteiger partial charge is 0.183 e. The van der Waals surface area contributed by atoms with Gasteiger partial charge < -0.3 is 10.3 Å². The van der Waals surface area contributed by atoms with Crippen LogP contribution in [0.4, 0.5) is 5.82 Å². The highest BCUT2D eigenvalue weighted by Gasteiger charge is 2.28. The van der Waals surface area contributed by atoms with E-state index >= 15 is 0 Å². The van der Waals surface area contributed by atoms with Gasteiger partial charge in [-0.25, -0.2) is 23.4 Å². The summed E-state index contributed by atoms with van der Waals surface area (Å²) in [5.41, 5.74) is 1.31. The van der Waals surface area contributed by atoms with Gasteiger partial charge in [-0.1, -0.05) is 0 Å². The molecule has 0 amide bonds. The minimum Gasteiger partial charge on any atom is -0.364 e. The molecule has 0 bridgehead atoms. The summed E-state index contributed by atoms with van der Waals surface area (Å²) in [5.74, 6) is 1.77. The van der Waals surface area contributed by atoms with Crippen LogP contribution in [0.3, 0.4) is 0 Å². The predicted octanol–water partition coefficient (Wildman–Crippen LogP) is 0.260. The van der Waals surface area contributed by atoms with Gasteiger partial charge in [0.15, 0.2) is 21.3 Å². The maximum Gasteiger partial charge on any atom is 0.183 e. The first-order chi connectivity index (χ1) is 8.53. The van der Waals surface area contributed by atoms with Gasteiger partial charge in [-0.3, -0.25) is 0 Å². The van der Waals surface area contributed by atoms with Crippen LogP contribution in [-0.4, -0.2) is 45.9 Å². The summed E-state index contributed by atoms with van der Waals surface area (Å²) in [4.78, 5) is 15.5. The van der Waals surface area contributed by atoms with E-state index in [1.54, 1.807) is 0 Å². The van der Waals surface area contributed by atoms with Crippen LogP contribution in [0.2, 0.25) is 0 Å². The van der Waals surface area contributed by atoms with Crippen molar-refractivity contribution >= 4 is 26.8 Å². The molecule has 1 aliphatic rings. The molecule has 3 heterocycles. The number of nitrogens with zero attached hydrogens (tertiary/aromatic N) is 3. The molecule has 1 aliphatic heterocycles. The lowest BCUT2D eigenvalue weighted by atomic mass is 10.2. The Balaban J connectivity index is 1.91. The maximum atomic E-state index is 11.4. The molecular formula is C10H13N5O2S. The fraction of sp³-hybridized carbons (Fsp3) is 0.500. The highest BCUT2D eigenvalue weighted by molar-refractivity contribution is 7.91. The number of fused-ring (bicyclic) bond motifs is 1. The van der Waals surface area contributed by atoms with Crippen molar-refractivity contribution in [3.8, 4) is 0 Å². The van der Waals surface area contributed by atoms with Gasteiger partial charge >= 0.3 is 0 Å². The first-order valence-electron chi connectivity index (χ1n) is 5.68. The fourth-order valence-corrected chi connectivity index (χ4v) is 3.83. The molecule has 96 valence electrons. The molecule has 1 saturated heterocycles. The molecule has 0 aromatic carbocycles. The van der Waals surface area contributed by atoms with E-state index < -0.39 is 9.84 Å². The van der Waals surface area contributed by atoms with Gasteiger partial charge in [0, 0.05) is 6.04 Å². The molecule has 2 N–H and O–H groups in total. The second-order valence-electron chi connectivity index (χ2n) is 4.49. The van der Waals surface area contributed by atoms with Gasteiger partial charge in [0.25, 0.3) is 0 Å². The second kappa shape index (κ2) is 3.91. The van der Waals surface area contributed by atoms with Gasteiger partial charge in [0.05, 0.1) is 11.5 Å². The lowest BCUT2D eigenvalue weighted by Gasteiger charge is -2.11. The molecule has 0 aliphatic carbocycles. The first-order valence-corrected chi connectivity index (χ1v) is 7.50. The number of aromatic nitrogens is 4. The van der Waals surface area contributed by atoms with Crippen molar-refractivity contribution in [2.45, 2.75) is 19.4 Å². The van der Waals surface area contributed by atoms with Gasteiger partial charge in [0.1, 0.15) is 17.7 Å². The normalized spacial score (nSPS) is 22.4. The van der Waals surface area contributed by atoms with Crippen molar-refractivity contribution in [1.29, 1.82) is 0 Å². The molecule has 1 unspecified atom stereocenters. The molecule has 7 nitrogen and oxygen atoms in total. The van der Waals surface area contributed by atoms with Crippen LogP contribution >= 0.6 is 0 Å². The van der Waals surface area contributed by atoms with Crippen LogP contribution in [0, 0.1) is 6.92 Å². The van der Waals surface area contributed by atoms with Gasteiger partial charge in [-0.05, 0) is 13.3 Å². The van der Waals surface area contributed by atoms with Crippen molar-refractivity contribution in [2.75, 3.05) is 16.8 Å². The Morgan fingerprint density at radius 2 is 2.28 bits per heavy atom. The lowest BCUT2D eigenvalue weighted by Crippen LogP contribution is -2.21. The van der Waals surface area contributed by atoms with Crippen LogP contribution in [0.1, 0.15) is 12.2 Å². The summed E-state index contributed by atoms with van der Waals surface area (Å²) < 4.78 is 22.8. The minimum absolute atomic E-state index is 0.0864. The Labute approximate surface area is 104 Å². The average Bonchev–Trinajstić information content (AvgIpc) is 2.81. The number of aryl methyl sites for hydroxylation is 1. The number of sulfone groups is 1. The quantitative estimate of drug-likeness (QED) is 0.809. The number of H-pyrrole nitrogens is 1. The summed E-state index contributed by atoms with van der Waals surface area (Å²) in [6.45, 7) is 1.84. The van der Waals surface area contributed by atoms with E-state index in [4.69, 9.17) is 0 Å². The zero-order valence-corrected chi connectivity index (χ0v) is 10.7. The number of rotatable bonds is 2. The van der Waals surface area contributed by atoms with Crippen LogP contribution in [0.5, 0.6) is 0 Å². The topological polar surface area (TPSA) is 101 Å². The Morgan fingerprint density at radius 1 is 1.44 bits per heavy atom. The average molecular weight is 267 g/mol. The lowest BCUT2D eigenvalue weighted by molar-refractivity contribution is 0.602. The van der Waals surface area contributed by atoms with Crippen molar-refractivity contribution in [1.82, 2.24) is 19.9 Å². The largest absolute Gasteiger partial charge is 0.364 e. The van der Waals surface area contributed by atoms with Crippen LogP contribution < -0.4 is 5.32 Å². The van der Waals surface area contributed by atoms with E-state index in [-0.39, 0.29) is 17.5 Å². The van der Waals surface area contributed by atoms with Crippen molar-refractivity contribution in [3.05, 3.63) is 12.2 Å². The van der Waals surface area contributed by atoms with E-state index in [2.05, 4.69) is 25.3 Å². The predicted molar refractivity (Wildman–Crippen MR) is 67.1 cm³/mol. The van der Waals surface area contributed by atoms with E-state index in [0.717, 1.165) is 11.3 Å². The molecule has 8 heteroatoms. The van der Waals surface area contributed by atoms with Crippen molar-refractivity contribution < 1.29 is 8.42 Å². The molecule has 2 aromatic rings. The van der Waals surface area contributed by atoms with Gasteiger partial charge in [-0.2, -0.15) is 0 Å². The van der Waals surface area contributed by atoms with Crippen LogP contribution in [0.15, 0.2) is 6.33 Å². The molecule has 18 heavy (non-hydrogen) atoms. The Morgan fingerprint density at radius 3 is 3.00 bits per heavy atom. The minimum atomic E-state index is -2.90. The second-order valence-corrected chi connectivity index (χ2v) is 6.72. The third-order valence-corrected chi connectivity index (χ3v) is 4.75. The van der Waals surface area contributed by atoms with Gasteiger partial charge in [0.2, 0.25) is 0 Å². The summed E-state index contributed by atoms with van der Waals surface area (Å²) in [6.07, 6.45) is 2.04. The number of anilines is 1. The maximum absolute atomic E-state index is 11.4. The Kier molecular flexibility index (Phi) is 2.47. The number of hydrogen-bond donors (Lipinski definition) is 2. The summed E-state index contributed by atoms with van der Waals surface area (Å²) in [7, 11) is -2.90. The zero-order valence-electron chi connectivity index (χ0n) is 9.84. The number of imidazole rings is 1. The molecule has 0 radical (unpaired) electrons. The third kappa shape index (κ3) is 2.03. The molecule has 2 aromatic heterocycles. The third-order valence-electron chi connectivity index (χ3n) is 2.98. The highest BCUT2D eigenvalue weighted by Crippen LogP contribution is 2.20. The fourth-order valence-electron chi connectivity index (χ4n) is 2.16. The summed E-state index contributed by atoms with van der Waals surface area (Å²) >= 11 is 0.